The standard InChI is InChI=1S/C19H18N2O5S/c1-3-15(22)21-18-16(19(24)25-4-2)17(23)14(27-18)11-12-7-5-6-8-13(12)26-10-9-20/h5-8,11,23H,3-4,10H2,1-2H3/b14-11-,21-18?. The summed E-state index contributed by atoms with van der Waals surface area (Å²) in [6.45, 7) is 3.30. The van der Waals surface area contributed by atoms with Crippen LogP contribution >= 0.6 is 11.8 Å². The molecular formula is C19H18N2O5S. The lowest BCUT2D eigenvalue weighted by molar-refractivity contribution is -0.138. The number of benzene rings is 1. The molecule has 8 heteroatoms. The second-order valence-electron chi connectivity index (χ2n) is 5.20. The number of hydrogen-bond donors (Lipinski definition) is 1. The van der Waals surface area contributed by atoms with E-state index in [0.29, 0.717) is 16.2 Å². The van der Waals surface area contributed by atoms with E-state index in [1.165, 1.54) is 0 Å². The summed E-state index contributed by atoms with van der Waals surface area (Å²) in [7, 11) is 0. The van der Waals surface area contributed by atoms with E-state index >= 15 is 0 Å². The molecule has 0 atom stereocenters. The molecule has 1 aliphatic heterocycles. The van der Waals surface area contributed by atoms with Gasteiger partial charge in [0.05, 0.1) is 11.5 Å². The van der Waals surface area contributed by atoms with Crippen molar-refractivity contribution in [2.45, 2.75) is 20.3 Å². The van der Waals surface area contributed by atoms with Crippen molar-refractivity contribution in [2.24, 2.45) is 4.99 Å². The molecule has 0 spiro atoms. The van der Waals surface area contributed by atoms with Crippen LogP contribution in [0.5, 0.6) is 5.75 Å². The largest absolute Gasteiger partial charge is 0.506 e. The molecule has 1 amide bonds. The van der Waals surface area contributed by atoms with E-state index in [1.807, 2.05) is 6.07 Å². The van der Waals surface area contributed by atoms with Gasteiger partial charge in [-0.3, -0.25) is 4.79 Å². The Labute approximate surface area is 161 Å². The highest BCUT2D eigenvalue weighted by atomic mass is 32.2. The average Bonchev–Trinajstić information content (AvgIpc) is 2.96. The van der Waals surface area contributed by atoms with Crippen molar-refractivity contribution in [1.29, 1.82) is 5.26 Å². The molecule has 27 heavy (non-hydrogen) atoms. The quantitative estimate of drug-likeness (QED) is 0.746. The molecule has 0 radical (unpaired) electrons. The first-order valence-electron chi connectivity index (χ1n) is 8.22. The Morgan fingerprint density at radius 1 is 1.33 bits per heavy atom. The van der Waals surface area contributed by atoms with E-state index in [-0.39, 0.29) is 36.0 Å². The predicted molar refractivity (Wildman–Crippen MR) is 102 cm³/mol. The van der Waals surface area contributed by atoms with Gasteiger partial charge >= 0.3 is 5.97 Å². The monoisotopic (exact) mass is 386 g/mol. The van der Waals surface area contributed by atoms with Crippen LogP contribution in [0.4, 0.5) is 0 Å². The van der Waals surface area contributed by atoms with Crippen LogP contribution in [-0.4, -0.2) is 35.2 Å². The summed E-state index contributed by atoms with van der Waals surface area (Å²) in [5.74, 6) is -1.02. The number of aliphatic hydroxyl groups is 1. The summed E-state index contributed by atoms with van der Waals surface area (Å²) in [6, 6.07) is 8.84. The van der Waals surface area contributed by atoms with Gasteiger partial charge in [-0.05, 0) is 19.1 Å². The Balaban J connectivity index is 2.48. The van der Waals surface area contributed by atoms with Gasteiger partial charge in [0.25, 0.3) is 0 Å². The van der Waals surface area contributed by atoms with E-state index in [4.69, 9.17) is 14.7 Å². The Morgan fingerprint density at radius 2 is 2.07 bits per heavy atom. The molecule has 1 aliphatic rings. The fraction of sp³-hybridized carbons (Fsp3) is 0.263. The zero-order valence-corrected chi connectivity index (χ0v) is 15.7. The summed E-state index contributed by atoms with van der Waals surface area (Å²) in [5, 5.41) is 19.3. The molecule has 0 fully saturated rings. The normalized spacial score (nSPS) is 16.5. The molecule has 2 rings (SSSR count). The summed E-state index contributed by atoms with van der Waals surface area (Å²) in [4.78, 5) is 28.1. The average molecular weight is 386 g/mol. The first-order valence-corrected chi connectivity index (χ1v) is 9.04. The molecular weight excluding hydrogens is 368 g/mol. The van der Waals surface area contributed by atoms with E-state index in [0.717, 1.165) is 11.8 Å². The third-order valence-electron chi connectivity index (χ3n) is 3.40. The summed E-state index contributed by atoms with van der Waals surface area (Å²) >= 11 is 0.997. The minimum absolute atomic E-state index is 0.0967. The second kappa shape index (κ2) is 9.59. The smallest absolute Gasteiger partial charge is 0.344 e. The number of esters is 1. The number of carbonyl (C=O) groups is 2. The number of rotatable bonds is 6. The van der Waals surface area contributed by atoms with Crippen LogP contribution in [0.2, 0.25) is 0 Å². The lowest BCUT2D eigenvalue weighted by atomic mass is 10.1. The first kappa shape index (κ1) is 20.3. The number of hydrogen-bond acceptors (Lipinski definition) is 7. The Morgan fingerprint density at radius 3 is 2.74 bits per heavy atom. The van der Waals surface area contributed by atoms with Crippen molar-refractivity contribution in [1.82, 2.24) is 0 Å². The molecule has 7 nitrogen and oxygen atoms in total. The predicted octanol–water partition coefficient (Wildman–Crippen LogP) is 3.39. The topological polar surface area (TPSA) is 109 Å². The van der Waals surface area contributed by atoms with Gasteiger partial charge in [-0.25, -0.2) is 9.79 Å². The van der Waals surface area contributed by atoms with Crippen molar-refractivity contribution < 1.29 is 24.2 Å². The molecule has 1 aromatic carbocycles. The fourth-order valence-electron chi connectivity index (χ4n) is 2.17. The molecule has 1 heterocycles. The van der Waals surface area contributed by atoms with Gasteiger partial charge < -0.3 is 14.6 Å². The number of aliphatic imine (C=N–C) groups is 1. The second-order valence-corrected chi connectivity index (χ2v) is 6.23. The highest BCUT2D eigenvalue weighted by molar-refractivity contribution is 8.18. The number of carbonyl (C=O) groups excluding carboxylic acids is 2. The van der Waals surface area contributed by atoms with Crippen LogP contribution in [-0.2, 0) is 14.3 Å². The molecule has 0 unspecified atom stereocenters. The minimum atomic E-state index is -0.748. The number of ether oxygens (including phenoxy) is 2. The van der Waals surface area contributed by atoms with Crippen LogP contribution in [0.15, 0.2) is 45.5 Å². The maximum atomic E-state index is 12.2. The third-order valence-corrected chi connectivity index (χ3v) is 4.42. The van der Waals surface area contributed by atoms with Gasteiger partial charge in [-0.15, -0.1) is 0 Å². The third kappa shape index (κ3) is 4.99. The SMILES string of the molecule is CCOC(=O)C1=C(O)/C(=C/c2ccccc2OCC#N)SC1=NC(=O)CC. The molecule has 1 aromatic rings. The van der Waals surface area contributed by atoms with Gasteiger partial charge in [0.15, 0.2) is 6.61 Å². The zero-order chi connectivity index (χ0) is 19.8. The zero-order valence-electron chi connectivity index (χ0n) is 14.9. The molecule has 1 N–H and O–H groups in total. The lowest BCUT2D eigenvalue weighted by Crippen LogP contribution is -2.14. The van der Waals surface area contributed by atoms with Crippen LogP contribution in [0.3, 0.4) is 0 Å². The van der Waals surface area contributed by atoms with Crippen LogP contribution < -0.4 is 4.74 Å². The Bertz CT molecular complexity index is 880. The highest BCUT2D eigenvalue weighted by Crippen LogP contribution is 2.40. The van der Waals surface area contributed by atoms with Gasteiger partial charge in [0.1, 0.15) is 28.2 Å². The highest BCUT2D eigenvalue weighted by Gasteiger charge is 2.33. The van der Waals surface area contributed by atoms with Gasteiger partial charge in [0, 0.05) is 12.0 Å². The minimum Gasteiger partial charge on any atom is -0.506 e. The number of nitriles is 1. The van der Waals surface area contributed by atoms with Crippen molar-refractivity contribution in [2.75, 3.05) is 13.2 Å². The van der Waals surface area contributed by atoms with E-state index in [9.17, 15) is 14.7 Å². The molecule has 0 saturated heterocycles. The van der Waals surface area contributed by atoms with Gasteiger partial charge in [-0.2, -0.15) is 5.26 Å². The molecule has 0 aromatic heterocycles. The van der Waals surface area contributed by atoms with Crippen molar-refractivity contribution >= 4 is 34.8 Å². The van der Waals surface area contributed by atoms with E-state index < -0.39 is 11.9 Å². The van der Waals surface area contributed by atoms with Crippen molar-refractivity contribution in [3.8, 4) is 11.8 Å². The molecule has 0 bridgehead atoms. The van der Waals surface area contributed by atoms with Crippen molar-refractivity contribution in [3.63, 3.8) is 0 Å². The van der Waals surface area contributed by atoms with Crippen LogP contribution in [0.25, 0.3) is 6.08 Å². The van der Waals surface area contributed by atoms with E-state index in [2.05, 4.69) is 4.99 Å². The lowest BCUT2D eigenvalue weighted by Gasteiger charge is -2.06. The number of nitrogens with zero attached hydrogens (tertiary/aromatic N) is 2. The number of para-hydroxylation sites is 1. The number of thioether (sulfide) groups is 1. The first-order chi connectivity index (χ1) is 13.0. The molecule has 140 valence electrons. The maximum absolute atomic E-state index is 12.2. The Hall–Kier alpha value is -3.05. The number of aliphatic hydroxyl groups excluding tert-OH is 1. The molecule has 0 saturated carbocycles. The summed E-state index contributed by atoms with van der Waals surface area (Å²) in [6.07, 6.45) is 1.77. The van der Waals surface area contributed by atoms with Gasteiger partial charge in [-0.1, -0.05) is 36.9 Å². The summed E-state index contributed by atoms with van der Waals surface area (Å²) < 4.78 is 10.3. The Kier molecular flexibility index (Phi) is 7.20. The molecule has 0 aliphatic carbocycles. The maximum Gasteiger partial charge on any atom is 0.344 e. The van der Waals surface area contributed by atoms with E-state index in [1.54, 1.807) is 44.2 Å². The van der Waals surface area contributed by atoms with Crippen molar-refractivity contribution in [3.05, 3.63) is 46.1 Å². The number of amides is 1. The van der Waals surface area contributed by atoms with Gasteiger partial charge in [0.2, 0.25) is 5.91 Å². The summed E-state index contributed by atoms with van der Waals surface area (Å²) in [5.41, 5.74) is 0.471. The van der Waals surface area contributed by atoms with Crippen LogP contribution in [0, 0.1) is 11.3 Å². The van der Waals surface area contributed by atoms with Crippen LogP contribution in [0.1, 0.15) is 25.8 Å². The fourth-order valence-corrected chi connectivity index (χ4v) is 3.19.